The standard InChI is InChI=1S/C11H14N2O.ClH/c12-9-1-3-10(4-2-9)13-7-5-11(14)6-8-13;/h1-4H,5-8,12H2;1H. The number of benzene rings is 1. The van der Waals surface area contributed by atoms with Gasteiger partial charge in [0.25, 0.3) is 0 Å². The van der Waals surface area contributed by atoms with Crippen molar-refractivity contribution in [2.45, 2.75) is 12.8 Å². The molecule has 3 nitrogen and oxygen atoms in total. The van der Waals surface area contributed by atoms with E-state index < -0.39 is 0 Å². The second kappa shape index (κ2) is 5.03. The van der Waals surface area contributed by atoms with Crippen LogP contribution in [-0.2, 0) is 4.79 Å². The van der Waals surface area contributed by atoms with Crippen molar-refractivity contribution in [3.05, 3.63) is 24.3 Å². The zero-order chi connectivity index (χ0) is 9.97. The van der Waals surface area contributed by atoms with E-state index in [0.717, 1.165) is 24.5 Å². The number of nitrogen functional groups attached to an aromatic ring is 1. The minimum Gasteiger partial charge on any atom is -0.399 e. The van der Waals surface area contributed by atoms with Gasteiger partial charge >= 0.3 is 0 Å². The lowest BCUT2D eigenvalue weighted by molar-refractivity contribution is -0.119. The van der Waals surface area contributed by atoms with Gasteiger partial charge in [0.1, 0.15) is 5.78 Å². The summed E-state index contributed by atoms with van der Waals surface area (Å²) in [6.45, 7) is 1.67. The van der Waals surface area contributed by atoms with Crippen LogP contribution in [0, 0.1) is 0 Å². The number of nitrogens with zero attached hydrogens (tertiary/aromatic N) is 1. The van der Waals surface area contributed by atoms with E-state index in [0.29, 0.717) is 18.6 Å². The molecule has 1 aliphatic heterocycles. The average Bonchev–Trinajstić information content (AvgIpc) is 2.21. The molecule has 1 aliphatic rings. The van der Waals surface area contributed by atoms with Crippen molar-refractivity contribution in [3.63, 3.8) is 0 Å². The van der Waals surface area contributed by atoms with Gasteiger partial charge in [0.05, 0.1) is 0 Å². The Morgan fingerprint density at radius 1 is 1.07 bits per heavy atom. The van der Waals surface area contributed by atoms with E-state index in [1.54, 1.807) is 0 Å². The molecule has 15 heavy (non-hydrogen) atoms. The number of piperidine rings is 1. The summed E-state index contributed by atoms with van der Waals surface area (Å²) in [6, 6.07) is 7.80. The summed E-state index contributed by atoms with van der Waals surface area (Å²) < 4.78 is 0. The van der Waals surface area contributed by atoms with Gasteiger partial charge in [-0.25, -0.2) is 0 Å². The van der Waals surface area contributed by atoms with Crippen LogP contribution in [0.2, 0.25) is 0 Å². The van der Waals surface area contributed by atoms with E-state index in [-0.39, 0.29) is 12.4 Å². The monoisotopic (exact) mass is 226 g/mol. The summed E-state index contributed by atoms with van der Waals surface area (Å²) in [7, 11) is 0. The molecule has 0 atom stereocenters. The Hall–Kier alpha value is -1.22. The number of nitrogens with two attached hydrogens (primary N) is 1. The molecule has 1 heterocycles. The topological polar surface area (TPSA) is 46.3 Å². The quantitative estimate of drug-likeness (QED) is 0.744. The van der Waals surface area contributed by atoms with Crippen molar-refractivity contribution < 1.29 is 4.79 Å². The van der Waals surface area contributed by atoms with Crippen molar-refractivity contribution in [1.29, 1.82) is 0 Å². The van der Waals surface area contributed by atoms with Gasteiger partial charge in [0, 0.05) is 37.3 Å². The van der Waals surface area contributed by atoms with Crippen LogP contribution in [0.25, 0.3) is 0 Å². The minimum absolute atomic E-state index is 0. The molecule has 0 bridgehead atoms. The van der Waals surface area contributed by atoms with Gasteiger partial charge < -0.3 is 10.6 Å². The van der Waals surface area contributed by atoms with Crippen molar-refractivity contribution >= 4 is 29.6 Å². The molecule has 0 spiro atoms. The largest absolute Gasteiger partial charge is 0.399 e. The van der Waals surface area contributed by atoms with Gasteiger partial charge in [-0.1, -0.05) is 0 Å². The van der Waals surface area contributed by atoms with Gasteiger partial charge in [-0.3, -0.25) is 4.79 Å². The normalized spacial score (nSPS) is 16.0. The highest BCUT2D eigenvalue weighted by molar-refractivity contribution is 5.85. The number of carbonyl (C=O) groups excluding carboxylic acids is 1. The Kier molecular flexibility index (Phi) is 3.97. The molecule has 4 heteroatoms. The van der Waals surface area contributed by atoms with E-state index in [1.165, 1.54) is 0 Å². The number of ketones is 1. The number of halogens is 1. The maximum atomic E-state index is 11.0. The number of hydrogen-bond acceptors (Lipinski definition) is 3. The lowest BCUT2D eigenvalue weighted by Gasteiger charge is -2.28. The molecule has 1 aromatic carbocycles. The Balaban J connectivity index is 0.00000112. The van der Waals surface area contributed by atoms with Gasteiger partial charge in [-0.2, -0.15) is 0 Å². The SMILES string of the molecule is Cl.Nc1ccc(N2CCC(=O)CC2)cc1. The third-order valence-corrected chi connectivity index (χ3v) is 2.58. The van der Waals surface area contributed by atoms with E-state index in [9.17, 15) is 4.79 Å². The van der Waals surface area contributed by atoms with E-state index in [1.807, 2.05) is 24.3 Å². The molecular formula is C11H15ClN2O. The summed E-state index contributed by atoms with van der Waals surface area (Å²) in [5, 5.41) is 0. The fourth-order valence-electron chi connectivity index (χ4n) is 1.70. The predicted molar refractivity (Wildman–Crippen MR) is 64.6 cm³/mol. The first-order valence-electron chi connectivity index (χ1n) is 4.88. The Labute approximate surface area is 95.7 Å². The van der Waals surface area contributed by atoms with Crippen LogP contribution in [0.1, 0.15) is 12.8 Å². The second-order valence-electron chi connectivity index (χ2n) is 3.62. The summed E-state index contributed by atoms with van der Waals surface area (Å²) in [4.78, 5) is 13.3. The summed E-state index contributed by atoms with van der Waals surface area (Å²) >= 11 is 0. The molecule has 0 unspecified atom stereocenters. The molecule has 82 valence electrons. The van der Waals surface area contributed by atoms with Crippen molar-refractivity contribution in [2.75, 3.05) is 23.7 Å². The Bertz CT molecular complexity index is 327. The number of anilines is 2. The van der Waals surface area contributed by atoms with Crippen molar-refractivity contribution in [1.82, 2.24) is 0 Å². The van der Waals surface area contributed by atoms with E-state index in [2.05, 4.69) is 4.90 Å². The summed E-state index contributed by atoms with van der Waals surface area (Å²) in [5.74, 6) is 0.372. The van der Waals surface area contributed by atoms with E-state index in [4.69, 9.17) is 5.73 Å². The van der Waals surface area contributed by atoms with Crippen LogP contribution in [-0.4, -0.2) is 18.9 Å². The summed E-state index contributed by atoms with van der Waals surface area (Å²) in [5.41, 5.74) is 7.54. The maximum absolute atomic E-state index is 11.0. The molecule has 1 fully saturated rings. The first-order valence-corrected chi connectivity index (χ1v) is 4.88. The van der Waals surface area contributed by atoms with E-state index >= 15 is 0 Å². The molecule has 0 aliphatic carbocycles. The van der Waals surface area contributed by atoms with Crippen LogP contribution in [0.3, 0.4) is 0 Å². The second-order valence-corrected chi connectivity index (χ2v) is 3.62. The number of rotatable bonds is 1. The zero-order valence-corrected chi connectivity index (χ0v) is 9.30. The first kappa shape index (κ1) is 11.9. The van der Waals surface area contributed by atoms with Crippen molar-refractivity contribution in [2.24, 2.45) is 0 Å². The van der Waals surface area contributed by atoms with Crippen LogP contribution in [0.15, 0.2) is 24.3 Å². The highest BCUT2D eigenvalue weighted by atomic mass is 35.5. The van der Waals surface area contributed by atoms with Gasteiger partial charge in [0.2, 0.25) is 0 Å². The predicted octanol–water partition coefficient (Wildman–Crippen LogP) is 1.86. The van der Waals surface area contributed by atoms with Gasteiger partial charge in [0.15, 0.2) is 0 Å². The van der Waals surface area contributed by atoms with Crippen LogP contribution >= 0.6 is 12.4 Å². The molecule has 2 rings (SSSR count). The van der Waals surface area contributed by atoms with Gasteiger partial charge in [-0.15, -0.1) is 12.4 Å². The highest BCUT2D eigenvalue weighted by Crippen LogP contribution is 2.19. The summed E-state index contributed by atoms with van der Waals surface area (Å²) in [6.07, 6.45) is 1.34. The minimum atomic E-state index is 0. The maximum Gasteiger partial charge on any atom is 0.136 e. The number of Topliss-reactive ketones (excluding diaryl/α,β-unsaturated/α-hetero) is 1. The molecule has 0 aromatic heterocycles. The molecular weight excluding hydrogens is 212 g/mol. The average molecular weight is 227 g/mol. The Morgan fingerprint density at radius 2 is 1.60 bits per heavy atom. The molecule has 2 N–H and O–H groups in total. The molecule has 0 saturated carbocycles. The molecule has 0 amide bonds. The number of hydrogen-bond donors (Lipinski definition) is 1. The Morgan fingerprint density at radius 3 is 2.13 bits per heavy atom. The lowest BCUT2D eigenvalue weighted by Crippen LogP contribution is -2.33. The molecule has 0 radical (unpaired) electrons. The van der Waals surface area contributed by atoms with Crippen LogP contribution < -0.4 is 10.6 Å². The first-order chi connectivity index (χ1) is 6.75. The fraction of sp³-hybridized carbons (Fsp3) is 0.364. The lowest BCUT2D eigenvalue weighted by atomic mass is 10.1. The molecule has 1 aromatic rings. The van der Waals surface area contributed by atoms with Crippen LogP contribution in [0.4, 0.5) is 11.4 Å². The van der Waals surface area contributed by atoms with Crippen LogP contribution in [0.5, 0.6) is 0 Å². The number of carbonyl (C=O) groups is 1. The van der Waals surface area contributed by atoms with Gasteiger partial charge in [-0.05, 0) is 24.3 Å². The third kappa shape index (κ3) is 2.86. The highest BCUT2D eigenvalue weighted by Gasteiger charge is 2.15. The zero-order valence-electron chi connectivity index (χ0n) is 8.48. The third-order valence-electron chi connectivity index (χ3n) is 2.58. The molecule has 1 saturated heterocycles. The van der Waals surface area contributed by atoms with Crippen molar-refractivity contribution in [3.8, 4) is 0 Å². The smallest absolute Gasteiger partial charge is 0.136 e. The fourth-order valence-corrected chi connectivity index (χ4v) is 1.70.